The second-order valence-corrected chi connectivity index (χ2v) is 8.63. The number of rotatable bonds is 6. The molecule has 0 aliphatic carbocycles. The summed E-state index contributed by atoms with van der Waals surface area (Å²) in [7, 11) is 0. The van der Waals surface area contributed by atoms with Crippen LogP contribution in [0.5, 0.6) is 0 Å². The lowest BCUT2D eigenvalue weighted by atomic mass is 10.0. The van der Waals surface area contributed by atoms with Crippen LogP contribution in [0.25, 0.3) is 16.6 Å². The normalized spacial score (nSPS) is 15.1. The molecule has 0 fully saturated rings. The third-order valence-electron chi connectivity index (χ3n) is 6.19. The Morgan fingerprint density at radius 2 is 1.76 bits per heavy atom. The van der Waals surface area contributed by atoms with Gasteiger partial charge in [-0.25, -0.2) is 14.2 Å². The summed E-state index contributed by atoms with van der Waals surface area (Å²) >= 11 is 0. The van der Waals surface area contributed by atoms with E-state index in [1.54, 1.807) is 48.5 Å². The zero-order valence-electron chi connectivity index (χ0n) is 19.2. The van der Waals surface area contributed by atoms with Crippen LogP contribution >= 0.6 is 0 Å². The second kappa shape index (κ2) is 9.11. The molecular weight excluding hydrogens is 478 g/mol. The van der Waals surface area contributed by atoms with Crippen LogP contribution in [0.3, 0.4) is 0 Å². The van der Waals surface area contributed by atoms with E-state index < -0.39 is 41.0 Å². The van der Waals surface area contributed by atoms with Gasteiger partial charge in [0.05, 0.1) is 16.6 Å². The number of ketones is 1. The van der Waals surface area contributed by atoms with Gasteiger partial charge in [0.15, 0.2) is 11.8 Å². The van der Waals surface area contributed by atoms with Crippen LogP contribution in [0.1, 0.15) is 15.9 Å². The Morgan fingerprint density at radius 3 is 2.46 bits per heavy atom. The number of benzene rings is 3. The van der Waals surface area contributed by atoms with Gasteiger partial charge in [0.2, 0.25) is 0 Å². The Labute approximate surface area is 208 Å². The topological polar surface area (TPSA) is 176 Å². The number of fused-ring (bicyclic) bond motifs is 2. The summed E-state index contributed by atoms with van der Waals surface area (Å²) in [6.07, 6.45) is -0.0886. The number of hydrogen-bond donors (Lipinski definition) is 5. The van der Waals surface area contributed by atoms with E-state index in [4.69, 9.17) is 5.73 Å². The van der Waals surface area contributed by atoms with Crippen molar-refractivity contribution in [1.29, 1.82) is 0 Å². The zero-order valence-corrected chi connectivity index (χ0v) is 19.2. The molecular formula is C26H21N5O6. The molecule has 2 heterocycles. The lowest BCUT2D eigenvalue weighted by molar-refractivity contribution is -0.141. The van der Waals surface area contributed by atoms with Crippen LogP contribution in [0.4, 0.5) is 11.4 Å². The Balaban J connectivity index is 1.35. The van der Waals surface area contributed by atoms with Gasteiger partial charge in [0, 0.05) is 23.4 Å². The predicted octanol–water partition coefficient (Wildman–Crippen LogP) is 1.05. The molecule has 1 aliphatic rings. The molecule has 1 aliphatic heterocycles. The molecule has 0 saturated heterocycles. The molecule has 5 rings (SSSR count). The van der Waals surface area contributed by atoms with Crippen molar-refractivity contribution in [3.63, 3.8) is 0 Å². The van der Waals surface area contributed by atoms with Crippen LogP contribution in [0.2, 0.25) is 0 Å². The standard InChI is InChI=1S/C26H21N5O6/c27-14-7-10-19-17(12-14)24(34)31(26(37)30-19)15-8-5-13(6-9-15)11-20(25(35)36)29-23(33)21-22(32)16-3-1-2-4-18(16)28-21/h1-10,12,20-21,28H,11,27H2,(H,29,33)(H,30,37)(H,35,36)/t20-,21?/m0/s1. The molecule has 11 heteroatoms. The van der Waals surface area contributed by atoms with Crippen molar-refractivity contribution in [1.82, 2.24) is 14.9 Å². The molecule has 1 amide bonds. The summed E-state index contributed by atoms with van der Waals surface area (Å²) < 4.78 is 0.955. The minimum atomic E-state index is -1.31. The van der Waals surface area contributed by atoms with Gasteiger partial charge in [-0.05, 0) is 48.0 Å². The molecule has 0 spiro atoms. The number of aromatic nitrogens is 2. The van der Waals surface area contributed by atoms with E-state index in [1.807, 2.05) is 0 Å². The molecule has 2 atom stereocenters. The fourth-order valence-electron chi connectivity index (χ4n) is 4.32. The van der Waals surface area contributed by atoms with Crippen molar-refractivity contribution in [3.8, 4) is 5.69 Å². The first-order valence-corrected chi connectivity index (χ1v) is 11.3. The van der Waals surface area contributed by atoms with Crippen LogP contribution in [-0.4, -0.2) is 44.4 Å². The third kappa shape index (κ3) is 4.33. The number of aliphatic carboxylic acids is 1. The number of nitrogens with zero attached hydrogens (tertiary/aromatic N) is 1. The van der Waals surface area contributed by atoms with E-state index in [-0.39, 0.29) is 17.5 Å². The van der Waals surface area contributed by atoms with Gasteiger partial charge < -0.3 is 26.5 Å². The average molecular weight is 499 g/mol. The predicted molar refractivity (Wildman–Crippen MR) is 136 cm³/mol. The largest absolute Gasteiger partial charge is 0.480 e. The molecule has 6 N–H and O–H groups in total. The van der Waals surface area contributed by atoms with E-state index >= 15 is 0 Å². The van der Waals surface area contributed by atoms with Gasteiger partial charge in [-0.2, -0.15) is 0 Å². The zero-order chi connectivity index (χ0) is 26.3. The Morgan fingerprint density at radius 1 is 1.03 bits per heavy atom. The van der Waals surface area contributed by atoms with Crippen molar-refractivity contribution >= 4 is 39.9 Å². The highest BCUT2D eigenvalue weighted by atomic mass is 16.4. The summed E-state index contributed by atoms with van der Waals surface area (Å²) in [5, 5.41) is 15.2. The maximum atomic E-state index is 12.9. The fourth-order valence-corrected chi connectivity index (χ4v) is 4.32. The quantitative estimate of drug-likeness (QED) is 0.193. The van der Waals surface area contributed by atoms with E-state index in [0.29, 0.717) is 28.0 Å². The number of para-hydroxylation sites is 1. The lowest BCUT2D eigenvalue weighted by Gasteiger charge is -2.17. The monoisotopic (exact) mass is 499 g/mol. The number of aromatic amines is 1. The molecule has 1 aromatic heterocycles. The van der Waals surface area contributed by atoms with Gasteiger partial charge in [0.25, 0.3) is 11.5 Å². The molecule has 4 aromatic rings. The van der Waals surface area contributed by atoms with Crippen LogP contribution in [-0.2, 0) is 16.0 Å². The number of nitrogens with two attached hydrogens (primary N) is 1. The number of anilines is 2. The second-order valence-electron chi connectivity index (χ2n) is 8.63. The van der Waals surface area contributed by atoms with Crippen molar-refractivity contribution in [3.05, 3.63) is 98.7 Å². The van der Waals surface area contributed by atoms with Crippen LogP contribution < -0.4 is 27.6 Å². The van der Waals surface area contributed by atoms with E-state index in [9.17, 15) is 29.1 Å². The molecule has 0 saturated carbocycles. The van der Waals surface area contributed by atoms with Crippen molar-refractivity contribution in [2.45, 2.75) is 18.5 Å². The molecule has 186 valence electrons. The number of amides is 1. The highest BCUT2D eigenvalue weighted by Crippen LogP contribution is 2.25. The maximum absolute atomic E-state index is 12.9. The van der Waals surface area contributed by atoms with E-state index in [2.05, 4.69) is 15.6 Å². The first kappa shape index (κ1) is 23.5. The smallest absolute Gasteiger partial charge is 0.333 e. The number of carbonyl (C=O) groups is 3. The van der Waals surface area contributed by atoms with Crippen LogP contribution in [0.15, 0.2) is 76.3 Å². The van der Waals surface area contributed by atoms with Gasteiger partial charge in [0.1, 0.15) is 6.04 Å². The number of hydrogen-bond acceptors (Lipinski definition) is 7. The summed E-state index contributed by atoms with van der Waals surface area (Å²) in [5.74, 6) is -2.46. The molecule has 3 aromatic carbocycles. The first-order valence-electron chi connectivity index (χ1n) is 11.3. The number of nitrogens with one attached hydrogen (secondary N) is 3. The number of H-pyrrole nitrogens is 1. The highest BCUT2D eigenvalue weighted by Gasteiger charge is 2.36. The number of carboxylic acid groups (broad SMARTS) is 1. The Kier molecular flexibility index (Phi) is 5.80. The molecule has 1 unspecified atom stereocenters. The lowest BCUT2D eigenvalue weighted by Crippen LogP contribution is -2.49. The summed E-state index contributed by atoms with van der Waals surface area (Å²) in [6, 6.07) is 14.8. The van der Waals surface area contributed by atoms with Gasteiger partial charge >= 0.3 is 11.7 Å². The number of carbonyl (C=O) groups excluding carboxylic acids is 2. The van der Waals surface area contributed by atoms with Gasteiger partial charge in [-0.15, -0.1) is 0 Å². The molecule has 11 nitrogen and oxygen atoms in total. The number of Topliss-reactive ketones (excluding diaryl/α,β-unsaturated/α-hetero) is 1. The number of nitrogen functional groups attached to an aromatic ring is 1. The van der Waals surface area contributed by atoms with Gasteiger partial charge in [-0.3, -0.25) is 14.4 Å². The van der Waals surface area contributed by atoms with Crippen molar-refractivity contribution < 1.29 is 19.5 Å². The minimum absolute atomic E-state index is 0.0886. The van der Waals surface area contributed by atoms with E-state index in [1.165, 1.54) is 18.2 Å². The molecule has 0 radical (unpaired) electrons. The van der Waals surface area contributed by atoms with Crippen molar-refractivity contribution in [2.75, 3.05) is 11.1 Å². The fraction of sp³-hybridized carbons (Fsp3) is 0.115. The Hall–Kier alpha value is -5.19. The van der Waals surface area contributed by atoms with Crippen molar-refractivity contribution in [2.24, 2.45) is 0 Å². The summed E-state index contributed by atoms with van der Waals surface area (Å²) in [5.41, 5.74) is 6.99. The minimum Gasteiger partial charge on any atom is -0.480 e. The third-order valence-corrected chi connectivity index (χ3v) is 6.19. The summed E-state index contributed by atoms with van der Waals surface area (Å²) in [6.45, 7) is 0. The first-order chi connectivity index (χ1) is 17.7. The molecule has 37 heavy (non-hydrogen) atoms. The van der Waals surface area contributed by atoms with Crippen LogP contribution in [0, 0.1) is 0 Å². The molecule has 0 bridgehead atoms. The maximum Gasteiger partial charge on any atom is 0.333 e. The highest BCUT2D eigenvalue weighted by molar-refractivity contribution is 6.21. The average Bonchev–Trinajstić information content (AvgIpc) is 3.22. The van der Waals surface area contributed by atoms with Gasteiger partial charge in [-0.1, -0.05) is 24.3 Å². The number of carboxylic acids is 1. The summed E-state index contributed by atoms with van der Waals surface area (Å²) in [4.78, 5) is 65.3. The van der Waals surface area contributed by atoms with E-state index in [0.717, 1.165) is 4.57 Å². The SMILES string of the molecule is Nc1ccc2[nH]c(=O)n(-c3ccc(C[C@H](NC(=O)C4Nc5ccccc5C4=O)C(=O)O)cc3)c(=O)c2c1. The Bertz CT molecular complexity index is 1690.